The second-order valence-electron chi connectivity index (χ2n) is 5.99. The molecule has 6 nitrogen and oxygen atoms in total. The van der Waals surface area contributed by atoms with Crippen molar-refractivity contribution in [3.8, 4) is 0 Å². The van der Waals surface area contributed by atoms with Gasteiger partial charge in [0.05, 0.1) is 5.25 Å². The summed E-state index contributed by atoms with van der Waals surface area (Å²) < 4.78 is 30.5. The van der Waals surface area contributed by atoms with Crippen LogP contribution in [0.2, 0.25) is 0 Å². The molecule has 0 aliphatic carbocycles. The van der Waals surface area contributed by atoms with Crippen LogP contribution in [0, 0.1) is 0 Å². The zero-order chi connectivity index (χ0) is 14.8. The lowest BCUT2D eigenvalue weighted by Gasteiger charge is -2.34. The first-order chi connectivity index (χ1) is 8.54. The van der Waals surface area contributed by atoms with Crippen molar-refractivity contribution in [3.63, 3.8) is 0 Å². The fourth-order valence-electron chi connectivity index (χ4n) is 1.96. The van der Waals surface area contributed by atoms with E-state index in [0.717, 1.165) is 0 Å². The summed E-state index contributed by atoms with van der Waals surface area (Å²) in [5, 5.41) is -0.402. The van der Waals surface area contributed by atoms with Crippen molar-refractivity contribution in [2.45, 2.75) is 44.5 Å². The quantitative estimate of drug-likeness (QED) is 0.769. The molecular weight excluding hydrogens is 268 g/mol. The number of likely N-dealkylation sites (tertiary alicyclic amines) is 1. The average molecular weight is 292 g/mol. The summed E-state index contributed by atoms with van der Waals surface area (Å²) in [6, 6.07) is 0. The third-order valence-electron chi connectivity index (χ3n) is 3.02. The molecule has 0 radical (unpaired) electrons. The molecule has 0 aromatic carbocycles. The molecule has 0 spiro atoms. The molecule has 7 heteroatoms. The molecule has 1 heterocycles. The summed E-state index contributed by atoms with van der Waals surface area (Å²) in [4.78, 5) is 13.4. The minimum Gasteiger partial charge on any atom is -0.444 e. The van der Waals surface area contributed by atoms with Crippen molar-refractivity contribution < 1.29 is 17.9 Å². The number of hydrogen-bond donors (Lipinski definition) is 0. The molecule has 1 saturated heterocycles. The highest BCUT2D eigenvalue weighted by atomic mass is 32.2. The predicted molar refractivity (Wildman–Crippen MR) is 73.4 cm³/mol. The molecule has 0 unspecified atom stereocenters. The smallest absolute Gasteiger partial charge is 0.410 e. The number of ether oxygens (including phenoxy) is 1. The number of amides is 1. The number of sulfonamides is 1. The van der Waals surface area contributed by atoms with Gasteiger partial charge in [0.15, 0.2) is 0 Å². The predicted octanol–water partition coefficient (Wildman–Crippen LogP) is 1.28. The summed E-state index contributed by atoms with van der Waals surface area (Å²) in [5.41, 5.74) is -0.524. The first-order valence-corrected chi connectivity index (χ1v) is 7.93. The molecule has 1 aliphatic heterocycles. The fraction of sp³-hybridized carbons (Fsp3) is 0.917. The lowest BCUT2D eigenvalue weighted by atomic mass is 10.1. The molecular formula is C12H24N2O4S. The van der Waals surface area contributed by atoms with Crippen LogP contribution in [0.4, 0.5) is 4.79 Å². The number of hydrogen-bond acceptors (Lipinski definition) is 4. The van der Waals surface area contributed by atoms with E-state index in [1.807, 2.05) is 20.8 Å². The van der Waals surface area contributed by atoms with E-state index in [0.29, 0.717) is 25.9 Å². The van der Waals surface area contributed by atoms with Gasteiger partial charge in [-0.25, -0.2) is 17.5 Å². The fourth-order valence-corrected chi connectivity index (χ4v) is 3.36. The van der Waals surface area contributed by atoms with Gasteiger partial charge in [-0.3, -0.25) is 0 Å². The van der Waals surface area contributed by atoms with E-state index >= 15 is 0 Å². The standard InChI is InChI=1S/C12H24N2O4S/c1-12(2,3)18-11(15)14-8-6-10(7-9-14)19(16,17)13(4)5/h10H,6-9H2,1-5H3. The second kappa shape index (κ2) is 5.66. The van der Waals surface area contributed by atoms with Crippen LogP contribution in [0.1, 0.15) is 33.6 Å². The molecule has 112 valence electrons. The summed E-state index contributed by atoms with van der Waals surface area (Å²) in [5.74, 6) is 0. The van der Waals surface area contributed by atoms with Gasteiger partial charge < -0.3 is 9.64 Å². The van der Waals surface area contributed by atoms with Crippen LogP contribution in [0.25, 0.3) is 0 Å². The van der Waals surface area contributed by atoms with E-state index in [9.17, 15) is 13.2 Å². The highest BCUT2D eigenvalue weighted by molar-refractivity contribution is 7.89. The Morgan fingerprint density at radius 3 is 2.05 bits per heavy atom. The van der Waals surface area contributed by atoms with Gasteiger partial charge in [-0.1, -0.05) is 0 Å². The molecule has 0 aromatic rings. The summed E-state index contributed by atoms with van der Waals surface area (Å²) in [6.07, 6.45) is 0.549. The Labute approximate surface area is 115 Å². The summed E-state index contributed by atoms with van der Waals surface area (Å²) in [6.45, 7) is 6.29. The average Bonchev–Trinajstić information content (AvgIpc) is 2.26. The minimum atomic E-state index is -3.23. The molecule has 1 amide bonds. The van der Waals surface area contributed by atoms with Gasteiger partial charge >= 0.3 is 6.09 Å². The van der Waals surface area contributed by atoms with Crippen molar-refractivity contribution in [1.29, 1.82) is 0 Å². The van der Waals surface area contributed by atoms with Gasteiger partial charge in [0.25, 0.3) is 0 Å². The molecule has 0 bridgehead atoms. The summed E-state index contributed by atoms with van der Waals surface area (Å²) >= 11 is 0. The van der Waals surface area contributed by atoms with Crippen LogP contribution >= 0.6 is 0 Å². The molecule has 1 rings (SSSR count). The largest absolute Gasteiger partial charge is 0.444 e. The molecule has 1 aliphatic rings. The first-order valence-electron chi connectivity index (χ1n) is 6.43. The zero-order valence-electron chi connectivity index (χ0n) is 12.3. The van der Waals surface area contributed by atoms with Gasteiger partial charge in [0.2, 0.25) is 10.0 Å². The molecule has 0 N–H and O–H groups in total. The van der Waals surface area contributed by atoms with Crippen molar-refractivity contribution in [3.05, 3.63) is 0 Å². The maximum Gasteiger partial charge on any atom is 0.410 e. The van der Waals surface area contributed by atoms with Crippen molar-refractivity contribution in [2.75, 3.05) is 27.2 Å². The number of carbonyl (C=O) groups is 1. The van der Waals surface area contributed by atoms with Crippen LogP contribution in [0.5, 0.6) is 0 Å². The topological polar surface area (TPSA) is 66.9 Å². The number of nitrogens with zero attached hydrogens (tertiary/aromatic N) is 2. The highest BCUT2D eigenvalue weighted by Gasteiger charge is 2.34. The molecule has 0 atom stereocenters. The summed E-state index contributed by atoms with van der Waals surface area (Å²) in [7, 11) is -0.155. The Morgan fingerprint density at radius 2 is 1.68 bits per heavy atom. The van der Waals surface area contributed by atoms with E-state index in [-0.39, 0.29) is 6.09 Å². The third kappa shape index (κ3) is 4.35. The number of rotatable bonds is 2. The number of piperidine rings is 1. The van der Waals surface area contributed by atoms with Gasteiger partial charge in [-0.15, -0.1) is 0 Å². The van der Waals surface area contributed by atoms with E-state index in [4.69, 9.17) is 4.74 Å². The van der Waals surface area contributed by atoms with E-state index in [1.54, 1.807) is 4.90 Å². The van der Waals surface area contributed by atoms with Crippen LogP contribution in [-0.4, -0.2) is 61.8 Å². The third-order valence-corrected chi connectivity index (χ3v) is 5.36. The van der Waals surface area contributed by atoms with E-state index in [1.165, 1.54) is 18.4 Å². The van der Waals surface area contributed by atoms with Gasteiger partial charge in [-0.2, -0.15) is 0 Å². The molecule has 0 saturated carbocycles. The molecule has 19 heavy (non-hydrogen) atoms. The Kier molecular flexibility index (Phi) is 4.84. The van der Waals surface area contributed by atoms with Crippen LogP contribution < -0.4 is 0 Å². The zero-order valence-corrected chi connectivity index (χ0v) is 13.2. The van der Waals surface area contributed by atoms with Crippen LogP contribution in [0.15, 0.2) is 0 Å². The maximum absolute atomic E-state index is 12.0. The van der Waals surface area contributed by atoms with Gasteiger partial charge in [0.1, 0.15) is 5.60 Å². The lowest BCUT2D eigenvalue weighted by molar-refractivity contribution is 0.0217. The SMILES string of the molecule is CN(C)S(=O)(=O)C1CCN(C(=O)OC(C)(C)C)CC1. The highest BCUT2D eigenvalue weighted by Crippen LogP contribution is 2.21. The van der Waals surface area contributed by atoms with E-state index in [2.05, 4.69) is 0 Å². The van der Waals surface area contributed by atoms with Crippen LogP contribution in [0.3, 0.4) is 0 Å². The monoisotopic (exact) mass is 292 g/mol. The Balaban J connectivity index is 2.57. The van der Waals surface area contributed by atoms with Crippen molar-refractivity contribution >= 4 is 16.1 Å². The van der Waals surface area contributed by atoms with Crippen LogP contribution in [-0.2, 0) is 14.8 Å². The number of carbonyl (C=O) groups excluding carboxylic acids is 1. The molecule has 1 fully saturated rings. The first kappa shape index (κ1) is 16.2. The van der Waals surface area contributed by atoms with E-state index < -0.39 is 20.9 Å². The van der Waals surface area contributed by atoms with Gasteiger partial charge in [0, 0.05) is 27.2 Å². The maximum atomic E-state index is 12.0. The molecule has 0 aromatic heterocycles. The van der Waals surface area contributed by atoms with Crippen molar-refractivity contribution in [2.24, 2.45) is 0 Å². The second-order valence-corrected chi connectivity index (χ2v) is 8.42. The minimum absolute atomic E-state index is 0.367. The lowest BCUT2D eigenvalue weighted by Crippen LogP contribution is -2.46. The Bertz CT molecular complexity index is 418. The normalized spacial score (nSPS) is 18.7. The Morgan fingerprint density at radius 1 is 1.21 bits per heavy atom. The van der Waals surface area contributed by atoms with Gasteiger partial charge in [-0.05, 0) is 33.6 Å². The van der Waals surface area contributed by atoms with Crippen molar-refractivity contribution in [1.82, 2.24) is 9.21 Å². The Hall–Kier alpha value is -0.820.